The fraction of sp³-hybridized carbons (Fsp3) is 0.435. The van der Waals surface area contributed by atoms with Gasteiger partial charge in [0.25, 0.3) is 0 Å². The minimum absolute atomic E-state index is 0.0237. The summed E-state index contributed by atoms with van der Waals surface area (Å²) < 4.78 is 45.9. The summed E-state index contributed by atoms with van der Waals surface area (Å²) >= 11 is 0. The average Bonchev–Trinajstić information content (AvgIpc) is 2.73. The quantitative estimate of drug-likeness (QED) is 0.525. The maximum absolute atomic E-state index is 13.6. The van der Waals surface area contributed by atoms with Gasteiger partial charge in [-0.15, -0.1) is 0 Å². The Balaban J connectivity index is 1.82. The highest BCUT2D eigenvalue weighted by atomic mass is 19.4. The lowest BCUT2D eigenvalue weighted by atomic mass is 9.82. The molecule has 3 rings (SSSR count). The van der Waals surface area contributed by atoms with Crippen molar-refractivity contribution in [1.29, 1.82) is 0 Å². The van der Waals surface area contributed by atoms with Gasteiger partial charge in [0.05, 0.1) is 7.11 Å². The fourth-order valence-corrected chi connectivity index (χ4v) is 3.76. The highest BCUT2D eigenvalue weighted by molar-refractivity contribution is 5.92. The summed E-state index contributed by atoms with van der Waals surface area (Å²) in [5.41, 5.74) is 0.556. The Morgan fingerprint density at radius 1 is 1.25 bits per heavy atom. The summed E-state index contributed by atoms with van der Waals surface area (Å²) in [5.74, 6) is 0.145. The molecule has 2 atom stereocenters. The number of aromatic nitrogens is 2. The van der Waals surface area contributed by atoms with E-state index in [0.29, 0.717) is 24.3 Å². The van der Waals surface area contributed by atoms with Gasteiger partial charge in [0.15, 0.2) is 5.78 Å². The number of carbonyl (C=O) groups is 1. The first-order valence-electron chi connectivity index (χ1n) is 10.5. The lowest BCUT2D eigenvalue weighted by molar-refractivity contribution is -0.137. The minimum atomic E-state index is -4.61. The van der Waals surface area contributed by atoms with Crippen molar-refractivity contribution >= 4 is 23.2 Å². The van der Waals surface area contributed by atoms with Gasteiger partial charge in [-0.3, -0.25) is 4.79 Å². The number of hydrogen-bond acceptors (Lipinski definition) is 6. The lowest BCUT2D eigenvalue weighted by Gasteiger charge is -2.29. The number of allylic oxidation sites excluding steroid dienone is 2. The highest BCUT2D eigenvalue weighted by Gasteiger charge is 2.36. The zero-order chi connectivity index (χ0) is 23.3. The number of rotatable bonds is 7. The van der Waals surface area contributed by atoms with Crippen molar-refractivity contribution in [2.75, 3.05) is 17.7 Å². The molecule has 1 saturated carbocycles. The van der Waals surface area contributed by atoms with Crippen LogP contribution in [0.5, 0.6) is 5.75 Å². The van der Waals surface area contributed by atoms with Crippen LogP contribution in [0.25, 0.3) is 0 Å². The van der Waals surface area contributed by atoms with Crippen LogP contribution in [0, 0.1) is 5.92 Å². The number of alkyl halides is 3. The first-order chi connectivity index (χ1) is 15.2. The number of hydrogen-bond donors (Lipinski definition) is 2. The van der Waals surface area contributed by atoms with E-state index in [1.807, 2.05) is 13.8 Å². The molecule has 1 aliphatic rings. The zero-order valence-corrected chi connectivity index (χ0v) is 18.3. The Morgan fingerprint density at radius 3 is 2.72 bits per heavy atom. The zero-order valence-electron chi connectivity index (χ0n) is 18.3. The number of ketones is 1. The third-order valence-electron chi connectivity index (χ3n) is 5.27. The molecule has 0 bridgehead atoms. The SMILES string of the molecule is COc1cccc(Nc2ncc(C(F)(F)F)c(NC3CCCC(C(=O)C=C(C)C)C3)n2)c1. The van der Waals surface area contributed by atoms with E-state index in [4.69, 9.17) is 4.74 Å². The predicted molar refractivity (Wildman–Crippen MR) is 117 cm³/mol. The number of methoxy groups -OCH3 is 1. The molecule has 0 aliphatic heterocycles. The molecule has 32 heavy (non-hydrogen) atoms. The molecule has 1 aromatic carbocycles. The van der Waals surface area contributed by atoms with Crippen molar-refractivity contribution < 1.29 is 22.7 Å². The Labute approximate surface area is 185 Å². The van der Waals surface area contributed by atoms with Gasteiger partial charge in [-0.25, -0.2) is 4.98 Å². The van der Waals surface area contributed by atoms with Crippen LogP contribution >= 0.6 is 0 Å². The first kappa shape index (κ1) is 23.6. The van der Waals surface area contributed by atoms with Crippen LogP contribution in [-0.2, 0) is 11.0 Å². The second-order valence-electron chi connectivity index (χ2n) is 8.14. The van der Waals surface area contributed by atoms with E-state index in [1.54, 1.807) is 30.3 Å². The molecule has 2 N–H and O–H groups in total. The van der Waals surface area contributed by atoms with Crippen LogP contribution in [0.2, 0.25) is 0 Å². The first-order valence-corrected chi connectivity index (χ1v) is 10.5. The molecule has 1 aromatic heterocycles. The molecule has 2 aromatic rings. The number of nitrogens with zero attached hydrogens (tertiary/aromatic N) is 2. The predicted octanol–water partition coefficient (Wildman–Crippen LogP) is 5.75. The van der Waals surface area contributed by atoms with Gasteiger partial charge in [0.1, 0.15) is 17.1 Å². The van der Waals surface area contributed by atoms with Crippen LogP contribution in [0.15, 0.2) is 42.1 Å². The smallest absolute Gasteiger partial charge is 0.421 e. The van der Waals surface area contributed by atoms with Crippen molar-refractivity contribution in [3.8, 4) is 5.75 Å². The summed E-state index contributed by atoms with van der Waals surface area (Å²) in [4.78, 5) is 20.4. The Hall–Kier alpha value is -3.10. The number of carbonyl (C=O) groups excluding carboxylic acids is 1. The van der Waals surface area contributed by atoms with Crippen LogP contribution in [0.1, 0.15) is 45.1 Å². The summed E-state index contributed by atoms with van der Waals surface area (Å²) in [6.45, 7) is 3.70. The number of halogens is 3. The van der Waals surface area contributed by atoms with Gasteiger partial charge in [-0.1, -0.05) is 18.1 Å². The lowest BCUT2D eigenvalue weighted by Crippen LogP contribution is -2.32. The third kappa shape index (κ3) is 6.21. The molecule has 9 heteroatoms. The molecule has 0 saturated heterocycles. The maximum atomic E-state index is 13.6. The third-order valence-corrected chi connectivity index (χ3v) is 5.27. The number of nitrogens with one attached hydrogen (secondary N) is 2. The van der Waals surface area contributed by atoms with Gasteiger partial charge < -0.3 is 15.4 Å². The van der Waals surface area contributed by atoms with Crippen molar-refractivity contribution in [3.63, 3.8) is 0 Å². The molecule has 1 fully saturated rings. The molecule has 172 valence electrons. The molecule has 1 heterocycles. The summed E-state index contributed by atoms with van der Waals surface area (Å²) in [6.07, 6.45) is 0.386. The number of ether oxygens (including phenoxy) is 1. The number of anilines is 3. The van der Waals surface area contributed by atoms with E-state index < -0.39 is 11.7 Å². The highest BCUT2D eigenvalue weighted by Crippen LogP contribution is 2.36. The van der Waals surface area contributed by atoms with Crippen molar-refractivity contribution in [2.45, 2.75) is 51.7 Å². The monoisotopic (exact) mass is 448 g/mol. The standard InChI is InChI=1S/C23H27F3N4O2/c1-14(2)10-20(31)15-6-4-7-16(11-15)28-21-19(23(24,25)26)13-27-22(30-21)29-17-8-5-9-18(12-17)32-3/h5,8-10,12-13,15-16H,4,6-7,11H2,1-3H3,(H2,27,28,29,30). The van der Waals surface area contributed by atoms with E-state index in [0.717, 1.165) is 24.6 Å². The molecule has 1 aliphatic carbocycles. The largest absolute Gasteiger partial charge is 0.497 e. The minimum Gasteiger partial charge on any atom is -0.497 e. The fourth-order valence-electron chi connectivity index (χ4n) is 3.76. The molecule has 0 radical (unpaired) electrons. The summed E-state index contributed by atoms with van der Waals surface area (Å²) in [7, 11) is 1.52. The van der Waals surface area contributed by atoms with Gasteiger partial charge in [-0.05, 0) is 51.3 Å². The van der Waals surface area contributed by atoms with E-state index in [9.17, 15) is 18.0 Å². The van der Waals surface area contributed by atoms with E-state index in [1.165, 1.54) is 7.11 Å². The van der Waals surface area contributed by atoms with Crippen LogP contribution in [0.3, 0.4) is 0 Å². The Morgan fingerprint density at radius 2 is 2.03 bits per heavy atom. The van der Waals surface area contributed by atoms with E-state index in [-0.39, 0.29) is 29.5 Å². The van der Waals surface area contributed by atoms with Gasteiger partial charge in [-0.2, -0.15) is 18.2 Å². The Bertz CT molecular complexity index is 987. The van der Waals surface area contributed by atoms with E-state index >= 15 is 0 Å². The average molecular weight is 448 g/mol. The normalized spacial score (nSPS) is 18.6. The molecular weight excluding hydrogens is 421 g/mol. The molecule has 6 nitrogen and oxygen atoms in total. The molecular formula is C23H27F3N4O2. The second-order valence-corrected chi connectivity index (χ2v) is 8.14. The summed E-state index contributed by atoms with van der Waals surface area (Å²) in [5, 5.41) is 5.85. The second kappa shape index (κ2) is 10.0. The van der Waals surface area contributed by atoms with Gasteiger partial charge in [0.2, 0.25) is 5.95 Å². The topological polar surface area (TPSA) is 76.1 Å². The molecule has 2 unspecified atom stereocenters. The number of benzene rings is 1. The van der Waals surface area contributed by atoms with Gasteiger partial charge in [0, 0.05) is 29.9 Å². The molecule has 0 spiro atoms. The van der Waals surface area contributed by atoms with Crippen molar-refractivity contribution in [2.24, 2.45) is 5.92 Å². The van der Waals surface area contributed by atoms with Crippen molar-refractivity contribution in [1.82, 2.24) is 9.97 Å². The van der Waals surface area contributed by atoms with Gasteiger partial charge >= 0.3 is 6.18 Å². The van der Waals surface area contributed by atoms with Crippen LogP contribution in [0.4, 0.5) is 30.6 Å². The maximum Gasteiger partial charge on any atom is 0.421 e. The van der Waals surface area contributed by atoms with Crippen LogP contribution < -0.4 is 15.4 Å². The van der Waals surface area contributed by atoms with E-state index in [2.05, 4.69) is 20.6 Å². The van der Waals surface area contributed by atoms with Crippen molar-refractivity contribution in [3.05, 3.63) is 47.7 Å². The molecule has 0 amide bonds. The van der Waals surface area contributed by atoms with Crippen LogP contribution in [-0.4, -0.2) is 28.9 Å². The Kier molecular flexibility index (Phi) is 7.37. The summed E-state index contributed by atoms with van der Waals surface area (Å²) in [6, 6.07) is 6.63.